The normalized spacial score (nSPS) is 20.8. The van der Waals surface area contributed by atoms with Gasteiger partial charge in [-0.3, -0.25) is 9.58 Å². The van der Waals surface area contributed by atoms with E-state index in [2.05, 4.69) is 53.5 Å². The Morgan fingerprint density at radius 3 is 2.54 bits per heavy atom. The summed E-state index contributed by atoms with van der Waals surface area (Å²) in [6.07, 6.45) is 6.55. The van der Waals surface area contributed by atoms with Gasteiger partial charge in [0.15, 0.2) is 0 Å². The molecule has 2 aliphatic rings. The van der Waals surface area contributed by atoms with Gasteiger partial charge in [0.2, 0.25) is 0 Å². The van der Waals surface area contributed by atoms with Gasteiger partial charge in [-0.2, -0.15) is 5.10 Å². The largest absolute Gasteiger partial charge is 0.328 e. The molecule has 0 bridgehead atoms. The molecule has 6 heteroatoms. The van der Waals surface area contributed by atoms with Crippen LogP contribution in [-0.2, 0) is 25.6 Å². The van der Waals surface area contributed by atoms with E-state index in [0.29, 0.717) is 6.04 Å². The average Bonchev–Trinajstić information content (AvgIpc) is 3.13. The molecule has 6 nitrogen and oxygen atoms in total. The topological polar surface area (TPSA) is 42.1 Å². The number of imidazole rings is 1. The summed E-state index contributed by atoms with van der Waals surface area (Å²) in [5.41, 5.74) is 4.33. The summed E-state index contributed by atoms with van der Waals surface area (Å²) in [6.45, 7) is 12.1. The van der Waals surface area contributed by atoms with Gasteiger partial charge in [-0.1, -0.05) is 0 Å². The van der Waals surface area contributed by atoms with Gasteiger partial charge in [-0.25, -0.2) is 4.98 Å². The highest BCUT2D eigenvalue weighted by Gasteiger charge is 2.44. The smallest absolute Gasteiger partial charge is 0.106 e. The van der Waals surface area contributed by atoms with Crippen molar-refractivity contribution in [2.45, 2.75) is 58.2 Å². The second kappa shape index (κ2) is 6.50. The van der Waals surface area contributed by atoms with Crippen molar-refractivity contribution in [2.24, 2.45) is 7.05 Å². The zero-order chi connectivity index (χ0) is 18.5. The van der Waals surface area contributed by atoms with Crippen LogP contribution in [0.2, 0.25) is 0 Å². The number of fused-ring (bicyclic) bond motifs is 2. The number of aryl methyl sites for hydroxylation is 2. The summed E-state index contributed by atoms with van der Waals surface area (Å²) in [5.74, 6) is 1.17. The molecular weight excluding hydrogens is 324 g/mol. The standard InChI is InChI=1S/C20H32N6/c1-15(2)26-16(3)22-19-18(26)13-25(12-17-10-21-24(5)11-17)14-20(19)6-8-23(4)9-7-20/h10-11,15H,6-9,12-14H2,1-5H3. The first-order chi connectivity index (χ1) is 12.4. The highest BCUT2D eigenvalue weighted by atomic mass is 15.3. The molecule has 1 fully saturated rings. The number of hydrogen-bond donors (Lipinski definition) is 0. The van der Waals surface area contributed by atoms with Gasteiger partial charge >= 0.3 is 0 Å². The maximum Gasteiger partial charge on any atom is 0.106 e. The molecular formula is C20H32N6. The molecule has 0 aromatic carbocycles. The zero-order valence-electron chi connectivity index (χ0n) is 16.9. The summed E-state index contributed by atoms with van der Waals surface area (Å²) >= 11 is 0. The molecule has 2 aromatic rings. The first-order valence-corrected chi connectivity index (χ1v) is 9.84. The van der Waals surface area contributed by atoms with Crippen molar-refractivity contribution in [3.8, 4) is 0 Å². The van der Waals surface area contributed by atoms with Crippen molar-refractivity contribution in [3.63, 3.8) is 0 Å². The fourth-order valence-corrected chi connectivity index (χ4v) is 4.99. The highest BCUT2D eigenvalue weighted by Crippen LogP contribution is 2.42. The lowest BCUT2D eigenvalue weighted by molar-refractivity contribution is 0.0996. The Morgan fingerprint density at radius 1 is 1.19 bits per heavy atom. The summed E-state index contributed by atoms with van der Waals surface area (Å²) in [6, 6.07) is 0.452. The first-order valence-electron chi connectivity index (χ1n) is 9.84. The van der Waals surface area contributed by atoms with Crippen molar-refractivity contribution in [3.05, 3.63) is 35.2 Å². The van der Waals surface area contributed by atoms with Gasteiger partial charge in [-0.05, 0) is 53.8 Å². The van der Waals surface area contributed by atoms with E-state index in [1.807, 2.05) is 17.9 Å². The lowest BCUT2D eigenvalue weighted by atomic mass is 9.72. The molecule has 0 aliphatic carbocycles. The molecule has 0 unspecified atom stereocenters. The summed E-state index contributed by atoms with van der Waals surface area (Å²) in [4.78, 5) is 10.2. The van der Waals surface area contributed by atoms with Crippen molar-refractivity contribution in [1.82, 2.24) is 29.1 Å². The van der Waals surface area contributed by atoms with Gasteiger partial charge < -0.3 is 9.47 Å². The number of rotatable bonds is 3. The fourth-order valence-electron chi connectivity index (χ4n) is 4.99. The van der Waals surface area contributed by atoms with Crippen molar-refractivity contribution < 1.29 is 0 Å². The molecule has 142 valence electrons. The van der Waals surface area contributed by atoms with Gasteiger partial charge in [0.25, 0.3) is 0 Å². The minimum atomic E-state index is 0.202. The predicted molar refractivity (Wildman–Crippen MR) is 103 cm³/mol. The van der Waals surface area contributed by atoms with Crippen LogP contribution in [0.5, 0.6) is 0 Å². The maximum absolute atomic E-state index is 5.12. The average molecular weight is 357 g/mol. The maximum atomic E-state index is 5.12. The number of hydrogen-bond acceptors (Lipinski definition) is 4. The molecule has 1 spiro atoms. The Balaban J connectivity index is 1.71. The first kappa shape index (κ1) is 17.7. The number of likely N-dealkylation sites (tertiary alicyclic amines) is 1. The van der Waals surface area contributed by atoms with Crippen LogP contribution in [0.3, 0.4) is 0 Å². The molecule has 0 N–H and O–H groups in total. The van der Waals surface area contributed by atoms with Crippen LogP contribution in [0.15, 0.2) is 12.4 Å². The van der Waals surface area contributed by atoms with E-state index in [4.69, 9.17) is 4.98 Å². The SMILES string of the molecule is Cc1nc2c(n1C(C)C)CN(Cc1cnn(C)c1)CC21CCN(C)CC1. The van der Waals surface area contributed by atoms with Crippen molar-refractivity contribution in [2.75, 3.05) is 26.7 Å². The van der Waals surface area contributed by atoms with Gasteiger partial charge in [0.1, 0.15) is 5.82 Å². The van der Waals surface area contributed by atoms with E-state index in [-0.39, 0.29) is 5.41 Å². The van der Waals surface area contributed by atoms with Crippen LogP contribution in [0, 0.1) is 6.92 Å². The number of piperidine rings is 1. The Morgan fingerprint density at radius 2 is 1.92 bits per heavy atom. The Bertz CT molecular complexity index is 778. The van der Waals surface area contributed by atoms with Gasteiger partial charge in [-0.15, -0.1) is 0 Å². The Labute approximate surface area is 156 Å². The highest BCUT2D eigenvalue weighted by molar-refractivity contribution is 5.31. The molecule has 2 aromatic heterocycles. The molecule has 0 amide bonds. The van der Waals surface area contributed by atoms with E-state index < -0.39 is 0 Å². The van der Waals surface area contributed by atoms with Crippen molar-refractivity contribution in [1.29, 1.82) is 0 Å². The number of nitrogens with zero attached hydrogens (tertiary/aromatic N) is 6. The lowest BCUT2D eigenvalue weighted by Gasteiger charge is -2.46. The van der Waals surface area contributed by atoms with Crippen LogP contribution in [-0.4, -0.2) is 55.8 Å². The van der Waals surface area contributed by atoms with E-state index >= 15 is 0 Å². The van der Waals surface area contributed by atoms with Crippen LogP contribution in [0.4, 0.5) is 0 Å². The molecule has 0 atom stereocenters. The van der Waals surface area contributed by atoms with E-state index in [1.54, 1.807) is 0 Å². The van der Waals surface area contributed by atoms with E-state index in [0.717, 1.165) is 32.7 Å². The monoisotopic (exact) mass is 356 g/mol. The Kier molecular flexibility index (Phi) is 4.43. The number of aromatic nitrogens is 4. The minimum absolute atomic E-state index is 0.202. The third kappa shape index (κ3) is 2.99. The minimum Gasteiger partial charge on any atom is -0.328 e. The van der Waals surface area contributed by atoms with E-state index in [1.165, 1.54) is 35.6 Å². The molecule has 26 heavy (non-hydrogen) atoms. The molecule has 4 rings (SSSR count). The third-order valence-corrected chi connectivity index (χ3v) is 6.21. The quantitative estimate of drug-likeness (QED) is 0.847. The fraction of sp³-hybridized carbons (Fsp3) is 0.700. The predicted octanol–water partition coefficient (Wildman–Crippen LogP) is 2.49. The second-order valence-corrected chi connectivity index (χ2v) is 8.67. The van der Waals surface area contributed by atoms with Crippen molar-refractivity contribution >= 4 is 0 Å². The molecule has 1 saturated heterocycles. The molecule has 0 radical (unpaired) electrons. The zero-order valence-corrected chi connectivity index (χ0v) is 16.9. The molecule has 2 aliphatic heterocycles. The van der Waals surface area contributed by atoms with Gasteiger partial charge in [0, 0.05) is 49.9 Å². The lowest BCUT2D eigenvalue weighted by Crippen LogP contribution is -2.51. The van der Waals surface area contributed by atoms with Gasteiger partial charge in [0.05, 0.1) is 17.6 Å². The van der Waals surface area contributed by atoms with Crippen LogP contribution >= 0.6 is 0 Å². The molecule has 0 saturated carbocycles. The summed E-state index contributed by atoms with van der Waals surface area (Å²) in [5, 5.41) is 4.36. The van der Waals surface area contributed by atoms with E-state index in [9.17, 15) is 0 Å². The van der Waals surface area contributed by atoms with Crippen LogP contribution < -0.4 is 0 Å². The summed E-state index contributed by atoms with van der Waals surface area (Å²) < 4.78 is 4.36. The molecule has 4 heterocycles. The summed E-state index contributed by atoms with van der Waals surface area (Å²) in [7, 11) is 4.23. The second-order valence-electron chi connectivity index (χ2n) is 8.67. The van der Waals surface area contributed by atoms with Crippen LogP contribution in [0.25, 0.3) is 0 Å². The Hall–Kier alpha value is -1.66. The van der Waals surface area contributed by atoms with Crippen LogP contribution in [0.1, 0.15) is 55.5 Å². The third-order valence-electron chi connectivity index (χ3n) is 6.21.